The molecule has 0 aliphatic rings. The first-order chi connectivity index (χ1) is 6.69. The molecule has 5 heteroatoms. The molecule has 0 saturated carbocycles. The van der Waals surface area contributed by atoms with Crippen LogP contribution >= 0.6 is 0 Å². The summed E-state index contributed by atoms with van der Waals surface area (Å²) < 4.78 is 0. The molecule has 2 unspecified atom stereocenters. The Labute approximate surface area is 81.3 Å². The summed E-state index contributed by atoms with van der Waals surface area (Å²) in [5.74, 6) is 0. The molecule has 5 nitrogen and oxygen atoms in total. The summed E-state index contributed by atoms with van der Waals surface area (Å²) in [5.41, 5.74) is 0.808. The molecule has 0 aromatic carbocycles. The van der Waals surface area contributed by atoms with Gasteiger partial charge >= 0.3 is 0 Å². The highest BCUT2D eigenvalue weighted by Crippen LogP contribution is 2.14. The molecule has 4 N–H and O–H groups in total. The smallest absolute Gasteiger partial charge is 0.119 e. The van der Waals surface area contributed by atoms with Crippen LogP contribution in [0.25, 0.3) is 0 Å². The lowest BCUT2D eigenvalue weighted by molar-refractivity contribution is 0.0899. The third-order valence-corrected chi connectivity index (χ3v) is 1.88. The van der Waals surface area contributed by atoms with Gasteiger partial charge in [-0.3, -0.25) is 4.98 Å². The van der Waals surface area contributed by atoms with E-state index >= 15 is 0 Å². The third kappa shape index (κ3) is 2.49. The third-order valence-electron chi connectivity index (χ3n) is 1.88. The summed E-state index contributed by atoms with van der Waals surface area (Å²) in [4.78, 5) is 3.84. The van der Waals surface area contributed by atoms with Gasteiger partial charge < -0.3 is 20.4 Å². The number of rotatable bonds is 4. The molecule has 0 spiro atoms. The predicted octanol–water partition coefficient (Wildman–Crippen LogP) is -0.867. The molecule has 0 bridgehead atoms. The van der Waals surface area contributed by atoms with Crippen molar-refractivity contribution in [2.24, 2.45) is 0 Å². The molecule has 0 aliphatic carbocycles. The number of aliphatic hydroxyl groups is 4. The number of aliphatic hydroxyl groups excluding tert-OH is 4. The van der Waals surface area contributed by atoms with Crippen molar-refractivity contribution in [1.29, 1.82) is 0 Å². The van der Waals surface area contributed by atoms with Crippen LogP contribution in [0.15, 0.2) is 18.3 Å². The standard InChI is InChI=1S/C9H13NO4/c11-4-8(13)6-1-2-7(10-3-6)9(14)5-12/h1-3,8-9,11-14H,4-5H2. The van der Waals surface area contributed by atoms with Crippen LogP contribution in [0.3, 0.4) is 0 Å². The van der Waals surface area contributed by atoms with E-state index in [4.69, 9.17) is 10.2 Å². The van der Waals surface area contributed by atoms with E-state index in [-0.39, 0.29) is 6.61 Å². The van der Waals surface area contributed by atoms with Crippen LogP contribution in [-0.4, -0.2) is 38.6 Å². The highest BCUT2D eigenvalue weighted by atomic mass is 16.3. The van der Waals surface area contributed by atoms with E-state index in [1.165, 1.54) is 12.3 Å². The van der Waals surface area contributed by atoms with Gasteiger partial charge in [-0.25, -0.2) is 0 Å². The molecule has 0 saturated heterocycles. The van der Waals surface area contributed by atoms with Gasteiger partial charge in [-0.15, -0.1) is 0 Å². The van der Waals surface area contributed by atoms with Crippen molar-refractivity contribution in [3.8, 4) is 0 Å². The largest absolute Gasteiger partial charge is 0.393 e. The molecule has 1 aromatic rings. The van der Waals surface area contributed by atoms with Crippen LogP contribution in [0, 0.1) is 0 Å². The Morgan fingerprint density at radius 1 is 1.07 bits per heavy atom. The maximum atomic E-state index is 9.21. The first kappa shape index (κ1) is 11.1. The molecule has 1 aromatic heterocycles. The highest BCUT2D eigenvalue weighted by Gasteiger charge is 2.09. The van der Waals surface area contributed by atoms with Gasteiger partial charge in [0.15, 0.2) is 0 Å². The van der Waals surface area contributed by atoms with E-state index in [9.17, 15) is 10.2 Å². The normalized spacial score (nSPS) is 15.1. The Hall–Kier alpha value is -1.01. The summed E-state index contributed by atoms with van der Waals surface area (Å²) in [6.07, 6.45) is -0.604. The second-order valence-corrected chi connectivity index (χ2v) is 2.91. The fraction of sp³-hybridized carbons (Fsp3) is 0.444. The second kappa shape index (κ2) is 5.02. The molecule has 78 valence electrons. The van der Waals surface area contributed by atoms with Crippen molar-refractivity contribution in [2.45, 2.75) is 12.2 Å². The molecule has 0 amide bonds. The van der Waals surface area contributed by atoms with Crippen LogP contribution in [0.4, 0.5) is 0 Å². The van der Waals surface area contributed by atoms with Crippen molar-refractivity contribution in [3.05, 3.63) is 29.6 Å². The van der Waals surface area contributed by atoms with Crippen molar-refractivity contribution < 1.29 is 20.4 Å². The van der Waals surface area contributed by atoms with Gasteiger partial charge in [0.2, 0.25) is 0 Å². The first-order valence-electron chi connectivity index (χ1n) is 4.22. The van der Waals surface area contributed by atoms with Gasteiger partial charge in [-0.2, -0.15) is 0 Å². The number of pyridine rings is 1. The Bertz CT molecular complexity index is 246. The van der Waals surface area contributed by atoms with Gasteiger partial charge in [0.1, 0.15) is 12.2 Å². The zero-order chi connectivity index (χ0) is 10.6. The summed E-state index contributed by atoms with van der Waals surface area (Å²) >= 11 is 0. The van der Waals surface area contributed by atoms with E-state index in [2.05, 4.69) is 4.98 Å². The van der Waals surface area contributed by atoms with Gasteiger partial charge in [0, 0.05) is 11.8 Å². The molecule has 0 fully saturated rings. The second-order valence-electron chi connectivity index (χ2n) is 2.91. The lowest BCUT2D eigenvalue weighted by Gasteiger charge is -2.09. The number of nitrogens with zero attached hydrogens (tertiary/aromatic N) is 1. The number of hydrogen-bond donors (Lipinski definition) is 4. The van der Waals surface area contributed by atoms with Crippen molar-refractivity contribution >= 4 is 0 Å². The summed E-state index contributed by atoms with van der Waals surface area (Å²) in [7, 11) is 0. The lowest BCUT2D eigenvalue weighted by Crippen LogP contribution is -2.07. The SMILES string of the molecule is OCC(O)c1ccc(C(O)CO)nc1. The van der Waals surface area contributed by atoms with Gasteiger partial charge in [0.05, 0.1) is 18.9 Å². The average Bonchev–Trinajstić information content (AvgIpc) is 2.27. The number of hydrogen-bond acceptors (Lipinski definition) is 5. The van der Waals surface area contributed by atoms with Crippen molar-refractivity contribution in [3.63, 3.8) is 0 Å². The molecule has 1 heterocycles. The minimum Gasteiger partial charge on any atom is -0.393 e. The first-order valence-corrected chi connectivity index (χ1v) is 4.22. The maximum absolute atomic E-state index is 9.21. The van der Waals surface area contributed by atoms with E-state index in [0.717, 1.165) is 0 Å². The molecule has 1 rings (SSSR count). The predicted molar refractivity (Wildman–Crippen MR) is 48.3 cm³/mol. The van der Waals surface area contributed by atoms with Gasteiger partial charge in [-0.05, 0) is 6.07 Å². The topological polar surface area (TPSA) is 93.8 Å². The molecular weight excluding hydrogens is 186 g/mol. The van der Waals surface area contributed by atoms with Crippen LogP contribution in [0.5, 0.6) is 0 Å². The maximum Gasteiger partial charge on any atom is 0.119 e. The van der Waals surface area contributed by atoms with Crippen LogP contribution in [0.1, 0.15) is 23.5 Å². The Balaban J connectivity index is 2.78. The fourth-order valence-corrected chi connectivity index (χ4v) is 1.01. The fourth-order valence-electron chi connectivity index (χ4n) is 1.01. The lowest BCUT2D eigenvalue weighted by atomic mass is 10.1. The van der Waals surface area contributed by atoms with E-state index in [1.807, 2.05) is 0 Å². The minimum atomic E-state index is -1.00. The minimum absolute atomic E-state index is 0.335. The van der Waals surface area contributed by atoms with E-state index < -0.39 is 18.8 Å². The molecule has 0 aliphatic heterocycles. The van der Waals surface area contributed by atoms with E-state index in [0.29, 0.717) is 11.3 Å². The van der Waals surface area contributed by atoms with Crippen LogP contribution < -0.4 is 0 Å². The Morgan fingerprint density at radius 2 is 1.71 bits per heavy atom. The molecule has 14 heavy (non-hydrogen) atoms. The average molecular weight is 199 g/mol. The Kier molecular flexibility index (Phi) is 3.97. The van der Waals surface area contributed by atoms with Gasteiger partial charge in [-0.1, -0.05) is 6.07 Å². The van der Waals surface area contributed by atoms with E-state index in [1.54, 1.807) is 6.07 Å². The number of aromatic nitrogens is 1. The van der Waals surface area contributed by atoms with Gasteiger partial charge in [0.25, 0.3) is 0 Å². The zero-order valence-corrected chi connectivity index (χ0v) is 7.54. The van der Waals surface area contributed by atoms with Crippen molar-refractivity contribution in [1.82, 2.24) is 4.98 Å². The quantitative estimate of drug-likeness (QED) is 0.506. The Morgan fingerprint density at radius 3 is 2.14 bits per heavy atom. The molecule has 0 radical (unpaired) electrons. The zero-order valence-electron chi connectivity index (χ0n) is 7.54. The molecule has 2 atom stereocenters. The molecular formula is C9H13NO4. The van der Waals surface area contributed by atoms with Crippen LogP contribution in [0.2, 0.25) is 0 Å². The summed E-state index contributed by atoms with van der Waals surface area (Å²) in [5, 5.41) is 35.7. The summed E-state index contributed by atoms with van der Waals surface area (Å²) in [6.45, 7) is -0.765. The monoisotopic (exact) mass is 199 g/mol. The van der Waals surface area contributed by atoms with Crippen LogP contribution in [-0.2, 0) is 0 Å². The highest BCUT2D eigenvalue weighted by molar-refractivity contribution is 5.17. The van der Waals surface area contributed by atoms with Crippen molar-refractivity contribution in [2.75, 3.05) is 13.2 Å². The summed E-state index contributed by atoms with van der Waals surface area (Å²) in [6, 6.07) is 3.04.